The summed E-state index contributed by atoms with van der Waals surface area (Å²) in [5.41, 5.74) is 0.312. The Morgan fingerprint density at radius 2 is 1.12 bits per heavy atom. The van der Waals surface area contributed by atoms with Crippen LogP contribution in [-0.2, 0) is 18.9 Å². The maximum Gasteiger partial charge on any atom is 0.338 e. The number of nitrogens with zero attached hydrogens (tertiary/aromatic N) is 1. The summed E-state index contributed by atoms with van der Waals surface area (Å²) >= 11 is 0. The second kappa shape index (κ2) is 13.4. The molecule has 0 spiro atoms. The number of benzene rings is 4. The Hall–Kier alpha value is -5.55. The predicted molar refractivity (Wildman–Crippen MR) is 150 cm³/mol. The normalized spacial score (nSPS) is 19.2. The van der Waals surface area contributed by atoms with E-state index in [-0.39, 0.29) is 28.1 Å². The molecule has 218 valence electrons. The second-order valence-corrected chi connectivity index (χ2v) is 9.32. The van der Waals surface area contributed by atoms with Crippen molar-refractivity contribution in [3.63, 3.8) is 0 Å². The van der Waals surface area contributed by atoms with Crippen LogP contribution >= 0.6 is 0 Å². The average Bonchev–Trinajstić information content (AvgIpc) is 3.35. The predicted octanol–water partition coefficient (Wildman–Crippen LogP) is 5.01. The lowest BCUT2D eigenvalue weighted by atomic mass is 10.1. The minimum Gasteiger partial charge on any atom is -0.459 e. The Balaban J connectivity index is 1.47. The van der Waals surface area contributed by atoms with Gasteiger partial charge in [0.15, 0.2) is 11.9 Å². The molecule has 0 N–H and O–H groups in total. The Morgan fingerprint density at radius 1 is 0.651 bits per heavy atom. The van der Waals surface area contributed by atoms with Gasteiger partial charge in [-0.05, 0) is 42.5 Å². The zero-order valence-electron chi connectivity index (χ0n) is 22.5. The highest BCUT2D eigenvalue weighted by molar-refractivity contribution is 5.91. The number of nitro groups is 1. The monoisotopic (exact) mass is 583 g/mol. The molecule has 11 heteroatoms. The Kier molecular flexibility index (Phi) is 9.03. The molecule has 0 bridgehead atoms. The van der Waals surface area contributed by atoms with Crippen LogP contribution in [0.25, 0.3) is 0 Å². The third-order valence-corrected chi connectivity index (χ3v) is 6.47. The smallest absolute Gasteiger partial charge is 0.338 e. The third kappa shape index (κ3) is 7.03. The fourth-order valence-corrected chi connectivity index (χ4v) is 4.37. The van der Waals surface area contributed by atoms with Crippen molar-refractivity contribution >= 4 is 23.6 Å². The highest BCUT2D eigenvalue weighted by atomic mass is 16.7. The van der Waals surface area contributed by atoms with Crippen LogP contribution in [0, 0.1) is 10.1 Å². The molecule has 1 saturated heterocycles. The van der Waals surface area contributed by atoms with Crippen LogP contribution < -0.4 is 4.74 Å². The fraction of sp³-hybridized carbons (Fsp3) is 0.156. The van der Waals surface area contributed by atoms with E-state index >= 15 is 0 Å². The molecule has 0 aromatic heterocycles. The molecule has 0 aliphatic carbocycles. The fourth-order valence-electron chi connectivity index (χ4n) is 4.37. The van der Waals surface area contributed by atoms with Gasteiger partial charge in [-0.2, -0.15) is 0 Å². The van der Waals surface area contributed by atoms with Gasteiger partial charge in [-0.25, -0.2) is 14.4 Å². The maximum atomic E-state index is 13.2. The molecule has 11 nitrogen and oxygen atoms in total. The number of hydrogen-bond donors (Lipinski definition) is 0. The largest absolute Gasteiger partial charge is 0.459 e. The van der Waals surface area contributed by atoms with Crippen LogP contribution in [0.2, 0.25) is 0 Å². The molecule has 1 fully saturated rings. The van der Waals surface area contributed by atoms with Gasteiger partial charge >= 0.3 is 23.6 Å². The molecule has 4 atom stereocenters. The quantitative estimate of drug-likeness (QED) is 0.108. The number of rotatable bonds is 10. The molecule has 0 saturated carbocycles. The summed E-state index contributed by atoms with van der Waals surface area (Å²) in [6, 6.07) is 29.9. The van der Waals surface area contributed by atoms with Gasteiger partial charge in [-0.15, -0.1) is 0 Å². The van der Waals surface area contributed by atoms with Crippen molar-refractivity contribution in [3.8, 4) is 5.75 Å². The van der Waals surface area contributed by atoms with Crippen molar-refractivity contribution in [1.29, 1.82) is 0 Å². The molecular formula is C32H25NO10. The average molecular weight is 584 g/mol. The Labute approximate surface area is 245 Å². The number of nitro benzene ring substituents is 1. The van der Waals surface area contributed by atoms with Crippen LogP contribution in [0.1, 0.15) is 31.1 Å². The van der Waals surface area contributed by atoms with E-state index in [4.69, 9.17) is 23.7 Å². The molecule has 5 rings (SSSR count). The standard InChI is InChI=1S/C32H25NO10/c34-29(21-12-4-1-5-13-21)39-20-26-27(42-30(35)22-14-6-2-7-15-22)28(43-31(36)23-16-8-3-9-17-23)32(41-26)40-25-19-11-10-18-24(25)33(37)38/h1-19,26-28,32H,20H2/t26-,27-,28-,32?/m1/s1. The number of carbonyl (C=O) groups excluding carboxylic acids is 3. The first-order chi connectivity index (χ1) is 20.9. The van der Waals surface area contributed by atoms with E-state index in [2.05, 4.69) is 0 Å². The first-order valence-electron chi connectivity index (χ1n) is 13.2. The van der Waals surface area contributed by atoms with E-state index in [0.717, 1.165) is 0 Å². The molecule has 1 aliphatic heterocycles. The number of hydrogen-bond acceptors (Lipinski definition) is 10. The molecule has 1 heterocycles. The van der Waals surface area contributed by atoms with Gasteiger partial charge in [0.25, 0.3) is 0 Å². The van der Waals surface area contributed by atoms with Gasteiger partial charge in [-0.1, -0.05) is 66.7 Å². The lowest BCUT2D eigenvalue weighted by Gasteiger charge is -2.24. The van der Waals surface area contributed by atoms with E-state index in [1.165, 1.54) is 48.5 Å². The van der Waals surface area contributed by atoms with Crippen molar-refractivity contribution in [2.24, 2.45) is 0 Å². The SMILES string of the molecule is O=C(OC[C@H]1OC(Oc2ccccc2[N+](=O)[O-])[C@H](OC(=O)c2ccccc2)[C@@H]1OC(=O)c1ccccc1)c1ccccc1. The van der Waals surface area contributed by atoms with Crippen LogP contribution in [-0.4, -0.2) is 54.0 Å². The van der Waals surface area contributed by atoms with Gasteiger partial charge in [-0.3, -0.25) is 10.1 Å². The minimum atomic E-state index is -1.48. The zero-order chi connectivity index (χ0) is 30.2. The van der Waals surface area contributed by atoms with Crippen LogP contribution in [0.4, 0.5) is 5.69 Å². The third-order valence-electron chi connectivity index (χ3n) is 6.47. The summed E-state index contributed by atoms with van der Waals surface area (Å²) in [5.74, 6) is -2.39. The summed E-state index contributed by atoms with van der Waals surface area (Å²) in [4.78, 5) is 50.1. The maximum absolute atomic E-state index is 13.2. The van der Waals surface area contributed by atoms with E-state index in [0.29, 0.717) is 0 Å². The molecule has 4 aromatic rings. The highest BCUT2D eigenvalue weighted by Crippen LogP contribution is 2.34. The van der Waals surface area contributed by atoms with E-state index in [9.17, 15) is 24.5 Å². The van der Waals surface area contributed by atoms with Gasteiger partial charge in [0, 0.05) is 6.07 Å². The first kappa shape index (κ1) is 29.0. The summed E-state index contributed by atoms with van der Waals surface area (Å²) < 4.78 is 28.9. The minimum absolute atomic E-state index is 0.173. The van der Waals surface area contributed by atoms with Crippen LogP contribution in [0.15, 0.2) is 115 Å². The summed E-state index contributed by atoms with van der Waals surface area (Å²) in [6.07, 6.45) is -5.42. The lowest BCUT2D eigenvalue weighted by molar-refractivity contribution is -0.386. The Bertz CT molecular complexity index is 1580. The number of para-hydroxylation sites is 2. The highest BCUT2D eigenvalue weighted by Gasteiger charge is 2.52. The number of carbonyl (C=O) groups is 3. The summed E-state index contributed by atoms with van der Waals surface area (Å²) in [6.45, 7) is -0.420. The summed E-state index contributed by atoms with van der Waals surface area (Å²) in [5, 5.41) is 11.7. The molecule has 4 aromatic carbocycles. The van der Waals surface area contributed by atoms with Crippen molar-refractivity contribution in [1.82, 2.24) is 0 Å². The van der Waals surface area contributed by atoms with E-state index < -0.39 is 54.0 Å². The Morgan fingerprint density at radius 3 is 1.65 bits per heavy atom. The first-order valence-corrected chi connectivity index (χ1v) is 13.2. The topological polar surface area (TPSA) is 141 Å². The lowest BCUT2D eigenvalue weighted by Crippen LogP contribution is -2.43. The van der Waals surface area contributed by atoms with Gasteiger partial charge in [0.05, 0.1) is 21.6 Å². The molecule has 0 radical (unpaired) electrons. The molecule has 1 unspecified atom stereocenters. The van der Waals surface area contributed by atoms with E-state index in [1.54, 1.807) is 66.7 Å². The van der Waals surface area contributed by atoms with Crippen molar-refractivity contribution in [2.75, 3.05) is 6.61 Å². The number of esters is 3. The van der Waals surface area contributed by atoms with E-state index in [1.807, 2.05) is 0 Å². The van der Waals surface area contributed by atoms with Crippen LogP contribution in [0.5, 0.6) is 5.75 Å². The van der Waals surface area contributed by atoms with Crippen molar-refractivity contribution < 1.29 is 43.0 Å². The van der Waals surface area contributed by atoms with Gasteiger partial charge in [0.2, 0.25) is 12.4 Å². The van der Waals surface area contributed by atoms with Gasteiger partial charge in [0.1, 0.15) is 12.7 Å². The molecular weight excluding hydrogens is 558 g/mol. The van der Waals surface area contributed by atoms with Crippen molar-refractivity contribution in [2.45, 2.75) is 24.6 Å². The molecule has 43 heavy (non-hydrogen) atoms. The second-order valence-electron chi connectivity index (χ2n) is 9.32. The van der Waals surface area contributed by atoms with Gasteiger partial charge < -0.3 is 23.7 Å². The van der Waals surface area contributed by atoms with Crippen LogP contribution in [0.3, 0.4) is 0 Å². The summed E-state index contributed by atoms with van der Waals surface area (Å²) in [7, 11) is 0. The molecule has 1 aliphatic rings. The van der Waals surface area contributed by atoms with Crippen molar-refractivity contribution in [3.05, 3.63) is 142 Å². The number of ether oxygens (including phenoxy) is 5. The molecule has 0 amide bonds. The zero-order valence-corrected chi connectivity index (χ0v) is 22.5.